The van der Waals surface area contributed by atoms with Crippen LogP contribution in [0.15, 0.2) is 0 Å². The molecule has 1 unspecified atom stereocenters. The highest BCUT2D eigenvalue weighted by Gasteiger charge is 2.42. The summed E-state index contributed by atoms with van der Waals surface area (Å²) in [6.45, 7) is 2.19. The molecule has 5 nitrogen and oxygen atoms in total. The molecule has 1 saturated heterocycles. The zero-order valence-electron chi connectivity index (χ0n) is 14.3. The van der Waals surface area contributed by atoms with Crippen molar-refractivity contribution in [1.82, 2.24) is 0 Å². The van der Waals surface area contributed by atoms with E-state index >= 15 is 0 Å². The smallest absolute Gasteiger partial charge is 0.335 e. The van der Waals surface area contributed by atoms with Crippen LogP contribution in [0.5, 0.6) is 0 Å². The van der Waals surface area contributed by atoms with Gasteiger partial charge in [-0.3, -0.25) is 0 Å². The fraction of sp³-hybridized carbons (Fsp3) is 0.944. The molecular weight excluding hydrogens is 296 g/mol. The van der Waals surface area contributed by atoms with Gasteiger partial charge in [0.2, 0.25) is 0 Å². The van der Waals surface area contributed by atoms with Crippen molar-refractivity contribution >= 4 is 5.97 Å². The van der Waals surface area contributed by atoms with Crippen LogP contribution >= 0.6 is 0 Å². The van der Waals surface area contributed by atoms with Crippen LogP contribution in [0.4, 0.5) is 0 Å². The highest BCUT2D eigenvalue weighted by Crippen LogP contribution is 2.33. The largest absolute Gasteiger partial charge is 0.479 e. The van der Waals surface area contributed by atoms with Gasteiger partial charge in [0.1, 0.15) is 0 Å². The van der Waals surface area contributed by atoms with Crippen LogP contribution < -0.4 is 0 Å². The topological polar surface area (TPSA) is 65.0 Å². The molecule has 134 valence electrons. The van der Waals surface area contributed by atoms with E-state index in [1.165, 1.54) is 6.42 Å². The maximum atomic E-state index is 11.3. The fourth-order valence-corrected chi connectivity index (χ4v) is 3.43. The maximum Gasteiger partial charge on any atom is 0.335 e. The second kappa shape index (κ2) is 10.3. The third-order valence-electron chi connectivity index (χ3n) is 4.91. The van der Waals surface area contributed by atoms with E-state index in [1.807, 2.05) is 0 Å². The Balaban J connectivity index is 1.41. The van der Waals surface area contributed by atoms with E-state index in [4.69, 9.17) is 14.2 Å². The lowest BCUT2D eigenvalue weighted by Gasteiger charge is -2.24. The standard InChI is InChI=1S/C18H32O5/c19-17(20)18(11-5-6-12-18)23-15-8-3-1-2-7-13-21-16-10-4-9-14-22-16/h16H,1-15H2,(H,19,20). The predicted octanol–water partition coefficient (Wildman–Crippen LogP) is 3.89. The first-order valence-corrected chi connectivity index (χ1v) is 9.33. The summed E-state index contributed by atoms with van der Waals surface area (Å²) in [6, 6.07) is 0. The van der Waals surface area contributed by atoms with Crippen molar-refractivity contribution in [3.63, 3.8) is 0 Å². The summed E-state index contributed by atoms with van der Waals surface area (Å²) in [6.07, 6.45) is 12.1. The molecule has 0 aromatic carbocycles. The summed E-state index contributed by atoms with van der Waals surface area (Å²) in [5, 5.41) is 9.32. The summed E-state index contributed by atoms with van der Waals surface area (Å²) in [4.78, 5) is 11.3. The van der Waals surface area contributed by atoms with E-state index in [0.717, 1.165) is 71.0 Å². The summed E-state index contributed by atoms with van der Waals surface area (Å²) < 4.78 is 17.0. The van der Waals surface area contributed by atoms with Crippen LogP contribution in [0, 0.1) is 0 Å². The van der Waals surface area contributed by atoms with Crippen molar-refractivity contribution in [3.05, 3.63) is 0 Å². The lowest BCUT2D eigenvalue weighted by atomic mass is 10.0. The average molecular weight is 328 g/mol. The highest BCUT2D eigenvalue weighted by atomic mass is 16.7. The van der Waals surface area contributed by atoms with E-state index in [0.29, 0.717) is 19.4 Å². The summed E-state index contributed by atoms with van der Waals surface area (Å²) in [5.41, 5.74) is -0.881. The van der Waals surface area contributed by atoms with Gasteiger partial charge in [-0.2, -0.15) is 0 Å². The van der Waals surface area contributed by atoms with Gasteiger partial charge in [-0.1, -0.05) is 19.3 Å². The van der Waals surface area contributed by atoms with Crippen LogP contribution in [0.2, 0.25) is 0 Å². The summed E-state index contributed by atoms with van der Waals surface area (Å²) >= 11 is 0. The minimum atomic E-state index is -0.881. The summed E-state index contributed by atoms with van der Waals surface area (Å²) in [7, 11) is 0. The molecule has 0 radical (unpaired) electrons. The monoisotopic (exact) mass is 328 g/mol. The van der Waals surface area contributed by atoms with Gasteiger partial charge in [0, 0.05) is 19.8 Å². The number of ether oxygens (including phenoxy) is 3. The SMILES string of the molecule is O=C(O)C1(OCCCCCCCOC2CCCCO2)CCCC1. The Morgan fingerprint density at radius 1 is 1.00 bits per heavy atom. The number of hydrogen-bond donors (Lipinski definition) is 1. The molecule has 0 bridgehead atoms. The Hall–Kier alpha value is -0.650. The van der Waals surface area contributed by atoms with Crippen molar-refractivity contribution in [2.24, 2.45) is 0 Å². The molecule has 1 saturated carbocycles. The van der Waals surface area contributed by atoms with Crippen LogP contribution in [0.25, 0.3) is 0 Å². The first-order valence-electron chi connectivity index (χ1n) is 9.33. The highest BCUT2D eigenvalue weighted by molar-refractivity contribution is 5.77. The second-order valence-electron chi connectivity index (χ2n) is 6.79. The number of rotatable bonds is 11. The second-order valence-corrected chi connectivity index (χ2v) is 6.79. The first-order chi connectivity index (χ1) is 11.2. The molecule has 5 heteroatoms. The van der Waals surface area contributed by atoms with Gasteiger partial charge in [0.25, 0.3) is 0 Å². The van der Waals surface area contributed by atoms with Crippen LogP contribution in [-0.2, 0) is 19.0 Å². The normalized spacial score (nSPS) is 23.9. The number of carboxylic acids is 1. The van der Waals surface area contributed by atoms with E-state index < -0.39 is 11.6 Å². The maximum absolute atomic E-state index is 11.3. The molecule has 0 aromatic rings. The zero-order valence-corrected chi connectivity index (χ0v) is 14.3. The van der Waals surface area contributed by atoms with Crippen molar-refractivity contribution < 1.29 is 24.1 Å². The molecule has 0 spiro atoms. The van der Waals surface area contributed by atoms with Gasteiger partial charge in [0.15, 0.2) is 11.9 Å². The molecule has 1 aliphatic heterocycles. The molecule has 2 aliphatic rings. The molecule has 0 amide bonds. The van der Waals surface area contributed by atoms with Gasteiger partial charge in [-0.15, -0.1) is 0 Å². The Kier molecular flexibility index (Phi) is 8.34. The number of unbranched alkanes of at least 4 members (excludes halogenated alkanes) is 4. The van der Waals surface area contributed by atoms with Gasteiger partial charge in [-0.05, 0) is 57.8 Å². The molecule has 23 heavy (non-hydrogen) atoms. The third-order valence-corrected chi connectivity index (χ3v) is 4.91. The minimum Gasteiger partial charge on any atom is -0.479 e. The molecule has 2 fully saturated rings. The number of carbonyl (C=O) groups is 1. The van der Waals surface area contributed by atoms with Crippen LogP contribution in [0.1, 0.15) is 77.0 Å². The Morgan fingerprint density at radius 3 is 2.35 bits per heavy atom. The van der Waals surface area contributed by atoms with E-state index in [1.54, 1.807) is 0 Å². The van der Waals surface area contributed by atoms with Gasteiger partial charge < -0.3 is 19.3 Å². The Labute approximate surface area is 139 Å². The molecule has 2 rings (SSSR count). The van der Waals surface area contributed by atoms with Crippen molar-refractivity contribution in [2.75, 3.05) is 19.8 Å². The number of aliphatic carboxylic acids is 1. The van der Waals surface area contributed by atoms with Gasteiger partial charge in [-0.25, -0.2) is 4.79 Å². The molecule has 1 aliphatic carbocycles. The minimum absolute atomic E-state index is 0.0239. The molecular formula is C18H32O5. The van der Waals surface area contributed by atoms with E-state index in [9.17, 15) is 9.90 Å². The fourth-order valence-electron chi connectivity index (χ4n) is 3.43. The van der Waals surface area contributed by atoms with Crippen molar-refractivity contribution in [3.8, 4) is 0 Å². The molecule has 1 heterocycles. The van der Waals surface area contributed by atoms with Gasteiger partial charge in [0.05, 0.1) is 0 Å². The Morgan fingerprint density at radius 2 is 1.70 bits per heavy atom. The van der Waals surface area contributed by atoms with Crippen molar-refractivity contribution in [2.45, 2.75) is 88.9 Å². The van der Waals surface area contributed by atoms with Crippen molar-refractivity contribution in [1.29, 1.82) is 0 Å². The molecule has 0 aromatic heterocycles. The number of carboxylic acid groups (broad SMARTS) is 1. The van der Waals surface area contributed by atoms with Crippen LogP contribution in [0.3, 0.4) is 0 Å². The summed E-state index contributed by atoms with van der Waals surface area (Å²) in [5.74, 6) is -0.780. The third kappa shape index (κ3) is 6.40. The first kappa shape index (κ1) is 18.7. The van der Waals surface area contributed by atoms with E-state index in [-0.39, 0.29) is 6.29 Å². The Bertz CT molecular complexity index is 332. The van der Waals surface area contributed by atoms with Gasteiger partial charge >= 0.3 is 5.97 Å². The predicted molar refractivity (Wildman–Crippen MR) is 87.4 cm³/mol. The average Bonchev–Trinajstić information content (AvgIpc) is 3.04. The quantitative estimate of drug-likeness (QED) is 0.583. The zero-order chi connectivity index (χ0) is 16.4. The molecule has 1 atom stereocenters. The van der Waals surface area contributed by atoms with Crippen LogP contribution in [-0.4, -0.2) is 42.8 Å². The number of hydrogen-bond acceptors (Lipinski definition) is 4. The lowest BCUT2D eigenvalue weighted by molar-refractivity contribution is -0.165. The molecule has 1 N–H and O–H groups in total. The lowest BCUT2D eigenvalue weighted by Crippen LogP contribution is -2.38. The van der Waals surface area contributed by atoms with E-state index in [2.05, 4.69) is 0 Å².